The second-order valence-corrected chi connectivity index (χ2v) is 10.6. The number of rotatable bonds is 7. The minimum atomic E-state index is -4.58. The maximum atomic E-state index is 14.0. The van der Waals surface area contributed by atoms with Gasteiger partial charge in [-0.25, -0.2) is 0 Å². The summed E-state index contributed by atoms with van der Waals surface area (Å²) in [6.45, 7) is 6.56. The monoisotopic (exact) mass is 515 g/mol. The van der Waals surface area contributed by atoms with Gasteiger partial charge in [0, 0.05) is 60.5 Å². The highest BCUT2D eigenvalue weighted by molar-refractivity contribution is 7.85. The van der Waals surface area contributed by atoms with Crippen molar-refractivity contribution in [1.29, 1.82) is 0 Å². The fraction of sp³-hybridized carbons (Fsp3) is 0.458. The lowest BCUT2D eigenvalue weighted by Crippen LogP contribution is -2.44. The molecule has 1 heterocycles. The van der Waals surface area contributed by atoms with Crippen LogP contribution >= 0.6 is 11.6 Å². The summed E-state index contributed by atoms with van der Waals surface area (Å²) in [6.07, 6.45) is -4.58. The molecule has 1 unspecified atom stereocenters. The number of hydrogen-bond acceptors (Lipinski definition) is 4. The highest BCUT2D eigenvalue weighted by Crippen LogP contribution is 2.35. The van der Waals surface area contributed by atoms with Crippen molar-refractivity contribution in [3.63, 3.8) is 0 Å². The van der Waals surface area contributed by atoms with Gasteiger partial charge >= 0.3 is 6.18 Å². The lowest BCUT2D eigenvalue weighted by molar-refractivity contribution is -0.138. The molecular weight excluding hydrogens is 487 g/mol. The lowest BCUT2D eigenvalue weighted by atomic mass is 9.96. The lowest BCUT2D eigenvalue weighted by Gasteiger charge is -2.33. The van der Waals surface area contributed by atoms with Crippen LogP contribution in [0.15, 0.2) is 35.2 Å². The summed E-state index contributed by atoms with van der Waals surface area (Å²) in [6, 6.07) is 7.29. The Morgan fingerprint density at radius 3 is 2.44 bits per heavy atom. The van der Waals surface area contributed by atoms with E-state index in [1.165, 1.54) is 6.07 Å². The van der Waals surface area contributed by atoms with E-state index in [4.69, 9.17) is 11.6 Å². The average molecular weight is 516 g/mol. The van der Waals surface area contributed by atoms with Crippen LogP contribution in [-0.4, -0.2) is 58.9 Å². The number of hydrogen-bond donors (Lipinski definition) is 1. The van der Waals surface area contributed by atoms with Crippen LogP contribution in [0, 0.1) is 6.92 Å². The third kappa shape index (κ3) is 6.59. The van der Waals surface area contributed by atoms with E-state index in [1.807, 2.05) is 11.9 Å². The molecule has 0 saturated carbocycles. The van der Waals surface area contributed by atoms with Crippen molar-refractivity contribution in [3.05, 3.63) is 63.2 Å². The number of benzene rings is 2. The van der Waals surface area contributed by atoms with Gasteiger partial charge in [0.1, 0.15) is 0 Å². The summed E-state index contributed by atoms with van der Waals surface area (Å²) in [5, 5.41) is 3.08. The summed E-state index contributed by atoms with van der Waals surface area (Å²) in [5.41, 5.74) is 0.346. The zero-order chi connectivity index (χ0) is 25.0. The van der Waals surface area contributed by atoms with Gasteiger partial charge in [-0.05, 0) is 61.0 Å². The Labute approximate surface area is 205 Å². The minimum Gasteiger partial charge on any atom is -0.348 e. The molecule has 186 valence electrons. The zero-order valence-corrected chi connectivity index (χ0v) is 21.0. The number of amides is 1. The third-order valence-corrected chi connectivity index (χ3v) is 7.64. The van der Waals surface area contributed by atoms with Crippen molar-refractivity contribution in [1.82, 2.24) is 15.1 Å². The molecule has 1 amide bonds. The maximum absolute atomic E-state index is 14.0. The molecule has 2 aromatic carbocycles. The second kappa shape index (κ2) is 11.2. The molecule has 0 bridgehead atoms. The molecule has 0 spiro atoms. The van der Waals surface area contributed by atoms with Crippen molar-refractivity contribution in [3.8, 4) is 0 Å². The maximum Gasteiger partial charge on any atom is 0.416 e. The SMILES string of the molecule is CCS(=O)c1ccc(Cl)cc1CNC(=O)c1cc(C)c(CN2CCN(C)CC2)c(C(F)(F)F)c1. The molecule has 10 heteroatoms. The molecule has 1 N–H and O–H groups in total. The highest BCUT2D eigenvalue weighted by atomic mass is 35.5. The summed E-state index contributed by atoms with van der Waals surface area (Å²) in [7, 11) is 0.725. The van der Waals surface area contributed by atoms with E-state index in [-0.39, 0.29) is 24.2 Å². The van der Waals surface area contributed by atoms with Crippen LogP contribution in [0.3, 0.4) is 0 Å². The van der Waals surface area contributed by atoms with Crippen LogP contribution in [0.2, 0.25) is 5.02 Å². The standard InChI is InChI=1S/C24H29ClF3N3O2S/c1-4-34(33)22-6-5-19(25)12-18(22)14-29-23(32)17-11-16(2)20(21(13-17)24(26,27)28)15-31-9-7-30(3)8-10-31/h5-6,11-13H,4,7-10,14-15H2,1-3H3,(H,29,32). The van der Waals surface area contributed by atoms with E-state index in [9.17, 15) is 22.2 Å². The molecule has 1 saturated heterocycles. The molecule has 1 atom stereocenters. The van der Waals surface area contributed by atoms with E-state index in [2.05, 4.69) is 10.2 Å². The van der Waals surface area contributed by atoms with Crippen molar-refractivity contribution in [2.75, 3.05) is 39.0 Å². The summed E-state index contributed by atoms with van der Waals surface area (Å²) < 4.78 is 54.2. The first kappa shape index (κ1) is 26.7. The average Bonchev–Trinajstić information content (AvgIpc) is 2.78. The largest absolute Gasteiger partial charge is 0.416 e. The number of carbonyl (C=O) groups excluding carboxylic acids is 1. The van der Waals surface area contributed by atoms with Gasteiger partial charge in [0.2, 0.25) is 0 Å². The third-order valence-electron chi connectivity index (χ3n) is 5.99. The Morgan fingerprint density at radius 2 is 1.82 bits per heavy atom. The topological polar surface area (TPSA) is 52.7 Å². The minimum absolute atomic E-state index is 0.00388. The van der Waals surface area contributed by atoms with Crippen LogP contribution in [-0.2, 0) is 30.1 Å². The molecule has 1 aliphatic rings. The molecule has 0 radical (unpaired) electrons. The van der Waals surface area contributed by atoms with Gasteiger partial charge < -0.3 is 10.2 Å². The Morgan fingerprint density at radius 1 is 1.15 bits per heavy atom. The zero-order valence-electron chi connectivity index (χ0n) is 19.5. The molecule has 0 aliphatic carbocycles. The van der Waals surface area contributed by atoms with Crippen LogP contribution < -0.4 is 5.32 Å². The fourth-order valence-electron chi connectivity index (χ4n) is 3.98. The van der Waals surface area contributed by atoms with Gasteiger partial charge in [-0.15, -0.1) is 0 Å². The number of halogens is 4. The Balaban J connectivity index is 1.83. The van der Waals surface area contributed by atoms with Crippen molar-refractivity contribution < 1.29 is 22.2 Å². The molecule has 2 aromatic rings. The Bertz CT molecular complexity index is 1070. The van der Waals surface area contributed by atoms with E-state index >= 15 is 0 Å². The van der Waals surface area contributed by atoms with E-state index in [1.54, 1.807) is 32.0 Å². The van der Waals surface area contributed by atoms with Gasteiger partial charge in [-0.1, -0.05) is 18.5 Å². The van der Waals surface area contributed by atoms with Crippen LogP contribution in [0.25, 0.3) is 0 Å². The molecule has 5 nitrogen and oxygen atoms in total. The first-order valence-electron chi connectivity index (χ1n) is 11.1. The van der Waals surface area contributed by atoms with Gasteiger partial charge in [0.25, 0.3) is 5.91 Å². The normalized spacial score (nSPS) is 16.4. The Hall–Kier alpha value is -1.94. The number of piperazine rings is 1. The summed E-state index contributed by atoms with van der Waals surface area (Å²) in [4.78, 5) is 17.5. The number of alkyl halides is 3. The second-order valence-electron chi connectivity index (χ2n) is 8.47. The van der Waals surface area contributed by atoms with Crippen molar-refractivity contribution in [2.45, 2.75) is 38.0 Å². The number of carbonyl (C=O) groups is 1. The number of aryl methyl sites for hydroxylation is 1. The van der Waals surface area contributed by atoms with Crippen LogP contribution in [0.1, 0.15) is 39.5 Å². The van der Waals surface area contributed by atoms with E-state index in [0.717, 1.165) is 19.2 Å². The van der Waals surface area contributed by atoms with E-state index in [0.29, 0.717) is 39.9 Å². The molecule has 0 aromatic heterocycles. The molecule has 3 rings (SSSR count). The summed E-state index contributed by atoms with van der Waals surface area (Å²) in [5.74, 6) is -0.237. The molecule has 1 aliphatic heterocycles. The quantitative estimate of drug-likeness (QED) is 0.591. The van der Waals surface area contributed by atoms with Crippen molar-refractivity contribution in [2.24, 2.45) is 0 Å². The highest BCUT2D eigenvalue weighted by Gasteiger charge is 2.35. The number of likely N-dealkylation sites (N-methyl/N-ethyl adjacent to an activating group) is 1. The van der Waals surface area contributed by atoms with Crippen LogP contribution in [0.4, 0.5) is 13.2 Å². The van der Waals surface area contributed by atoms with Gasteiger partial charge in [-0.2, -0.15) is 13.2 Å². The number of nitrogens with one attached hydrogen (secondary N) is 1. The number of nitrogens with zero attached hydrogens (tertiary/aromatic N) is 2. The summed E-state index contributed by atoms with van der Waals surface area (Å²) >= 11 is 6.05. The van der Waals surface area contributed by atoms with Gasteiger partial charge in [0.05, 0.1) is 16.4 Å². The Kier molecular flexibility index (Phi) is 8.78. The molecule has 1 fully saturated rings. The molecular formula is C24H29ClF3N3O2S. The first-order valence-corrected chi connectivity index (χ1v) is 12.8. The van der Waals surface area contributed by atoms with Crippen LogP contribution in [0.5, 0.6) is 0 Å². The first-order chi connectivity index (χ1) is 16.0. The predicted molar refractivity (Wildman–Crippen MR) is 129 cm³/mol. The molecule has 34 heavy (non-hydrogen) atoms. The van der Waals surface area contributed by atoms with E-state index < -0.39 is 28.4 Å². The fourth-order valence-corrected chi connectivity index (χ4v) is 5.13. The smallest absolute Gasteiger partial charge is 0.348 e. The van der Waals surface area contributed by atoms with Gasteiger partial charge in [-0.3, -0.25) is 13.9 Å². The van der Waals surface area contributed by atoms with Crippen molar-refractivity contribution >= 4 is 28.3 Å². The predicted octanol–water partition coefficient (Wildman–Crippen LogP) is 4.47. The van der Waals surface area contributed by atoms with Gasteiger partial charge in [0.15, 0.2) is 0 Å².